The summed E-state index contributed by atoms with van der Waals surface area (Å²) in [5, 5.41) is 20.3. The number of carbonyl (C=O) groups is 1. The van der Waals surface area contributed by atoms with Crippen molar-refractivity contribution in [3.8, 4) is 0 Å². The van der Waals surface area contributed by atoms with E-state index in [4.69, 9.17) is 18.7 Å². The van der Waals surface area contributed by atoms with Crippen molar-refractivity contribution in [3.63, 3.8) is 0 Å². The molecule has 0 bridgehead atoms. The van der Waals surface area contributed by atoms with Crippen molar-refractivity contribution in [1.82, 2.24) is 9.55 Å². The van der Waals surface area contributed by atoms with Crippen LogP contribution < -0.4 is 11.2 Å². The first-order valence-corrected chi connectivity index (χ1v) is 13.5. The molecule has 2 saturated heterocycles. The van der Waals surface area contributed by atoms with Gasteiger partial charge in [0.1, 0.15) is 24.4 Å². The quantitative estimate of drug-likeness (QED) is 0.177. The molecule has 0 aliphatic carbocycles. The number of nitrogens with zero attached hydrogens (tertiary/aromatic N) is 1. The van der Waals surface area contributed by atoms with Crippen LogP contribution in [0.1, 0.15) is 32.9 Å². The molecule has 1 aromatic rings. The number of rotatable bonds is 9. The van der Waals surface area contributed by atoms with Crippen molar-refractivity contribution in [2.75, 3.05) is 6.61 Å². The standard InChI is InChI=1S/C17H26N2O15P2/c1-8-10(31-9(2)20)3-4-13(30-8)33-36(27,28)34-35(25,26)29-7-11-14(22)15(23)16(32-11)19-6-5-12(21)18-17(19)24/h5-6,8,10-11,13-16,22-23H,3-4,7H2,1-2H3,(H,25,26)(H,27,28)(H,18,21,24)/t8-,10-,11+,13?,14+,15+,16+/m0/s1. The zero-order valence-corrected chi connectivity index (χ0v) is 20.7. The highest BCUT2D eigenvalue weighted by Crippen LogP contribution is 2.61. The minimum atomic E-state index is -5.29. The molecule has 0 spiro atoms. The number of aromatic amines is 1. The lowest BCUT2D eigenvalue weighted by Gasteiger charge is -2.34. The first-order valence-electron chi connectivity index (χ1n) is 10.5. The Labute approximate surface area is 202 Å². The summed E-state index contributed by atoms with van der Waals surface area (Å²) in [4.78, 5) is 55.8. The Balaban J connectivity index is 1.55. The number of ether oxygens (including phenoxy) is 3. The molecule has 0 saturated carbocycles. The van der Waals surface area contributed by atoms with Gasteiger partial charge in [-0.05, 0) is 13.3 Å². The molecular weight excluding hydrogens is 534 g/mol. The second-order valence-corrected chi connectivity index (χ2v) is 11.0. The lowest BCUT2D eigenvalue weighted by molar-refractivity contribution is -0.200. The normalized spacial score (nSPS) is 34.0. The van der Waals surface area contributed by atoms with Crippen LogP contribution in [0.25, 0.3) is 0 Å². The number of hydrogen-bond donors (Lipinski definition) is 5. The fourth-order valence-corrected chi connectivity index (χ4v) is 5.76. The molecule has 5 N–H and O–H groups in total. The number of aliphatic hydroxyl groups excluding tert-OH is 2. The number of esters is 1. The minimum Gasteiger partial charge on any atom is -0.460 e. The van der Waals surface area contributed by atoms with Gasteiger partial charge in [-0.25, -0.2) is 13.9 Å². The molecule has 2 fully saturated rings. The highest BCUT2D eigenvalue weighted by atomic mass is 31.3. The summed E-state index contributed by atoms with van der Waals surface area (Å²) < 4.78 is 54.5. The van der Waals surface area contributed by atoms with Gasteiger partial charge in [-0.3, -0.25) is 28.2 Å². The molecule has 17 nitrogen and oxygen atoms in total. The second kappa shape index (κ2) is 11.3. The monoisotopic (exact) mass is 560 g/mol. The lowest BCUT2D eigenvalue weighted by atomic mass is 10.1. The predicted octanol–water partition coefficient (Wildman–Crippen LogP) is -1.14. The number of H-pyrrole nitrogens is 1. The average Bonchev–Trinajstić information content (AvgIpc) is 3.01. The minimum absolute atomic E-state index is 0.00170. The van der Waals surface area contributed by atoms with Crippen LogP contribution in [-0.4, -0.2) is 78.9 Å². The summed E-state index contributed by atoms with van der Waals surface area (Å²) in [5.41, 5.74) is -1.66. The van der Waals surface area contributed by atoms with E-state index >= 15 is 0 Å². The summed E-state index contributed by atoms with van der Waals surface area (Å²) in [7, 11) is -10.5. The number of nitrogens with one attached hydrogen (secondary N) is 1. The number of aromatic nitrogens is 2. The summed E-state index contributed by atoms with van der Waals surface area (Å²) in [6.45, 7) is 1.83. The van der Waals surface area contributed by atoms with Crippen LogP contribution >= 0.6 is 15.6 Å². The molecule has 204 valence electrons. The lowest BCUT2D eigenvalue weighted by Crippen LogP contribution is -2.40. The molecule has 0 radical (unpaired) electrons. The molecule has 3 rings (SSSR count). The molecule has 2 aliphatic rings. The van der Waals surface area contributed by atoms with Crippen LogP contribution in [0.3, 0.4) is 0 Å². The van der Waals surface area contributed by atoms with Crippen LogP contribution in [0, 0.1) is 0 Å². The number of phosphoric ester groups is 2. The van der Waals surface area contributed by atoms with Gasteiger partial charge < -0.3 is 34.2 Å². The fraction of sp³-hybridized carbons (Fsp3) is 0.706. The van der Waals surface area contributed by atoms with Gasteiger partial charge in [0.25, 0.3) is 5.56 Å². The zero-order valence-electron chi connectivity index (χ0n) is 18.9. The van der Waals surface area contributed by atoms with Crippen molar-refractivity contribution in [3.05, 3.63) is 33.1 Å². The molecule has 1 aromatic heterocycles. The van der Waals surface area contributed by atoms with E-state index in [1.54, 1.807) is 0 Å². The maximum absolute atomic E-state index is 12.2. The first-order chi connectivity index (χ1) is 16.7. The zero-order chi connectivity index (χ0) is 26.8. The van der Waals surface area contributed by atoms with Gasteiger partial charge in [-0.2, -0.15) is 4.31 Å². The molecule has 0 amide bonds. The SMILES string of the molecule is CC(=O)O[C@H]1CCC(OP(=O)(O)OP(=O)(O)OC[C@H]2O[C@@H](n3ccc(=O)[nH]c3=O)[C@H](O)[C@@H]2O)O[C@H]1C. The molecular formula is C17H26N2O15P2. The van der Waals surface area contributed by atoms with Crippen molar-refractivity contribution in [2.24, 2.45) is 0 Å². The smallest absolute Gasteiger partial charge is 0.460 e. The Morgan fingerprint density at radius 2 is 1.86 bits per heavy atom. The maximum Gasteiger partial charge on any atom is 0.483 e. The Bertz CT molecular complexity index is 1150. The van der Waals surface area contributed by atoms with Crippen molar-refractivity contribution in [2.45, 2.75) is 69.7 Å². The summed E-state index contributed by atoms with van der Waals surface area (Å²) in [6, 6.07) is 0.968. The van der Waals surface area contributed by atoms with Crippen molar-refractivity contribution < 1.29 is 61.5 Å². The van der Waals surface area contributed by atoms with Crippen molar-refractivity contribution in [1.29, 1.82) is 0 Å². The summed E-state index contributed by atoms with van der Waals surface area (Å²) in [5.74, 6) is -0.537. The van der Waals surface area contributed by atoms with E-state index in [0.29, 0.717) is 0 Å². The van der Waals surface area contributed by atoms with E-state index in [1.807, 2.05) is 4.98 Å². The van der Waals surface area contributed by atoms with Gasteiger partial charge in [0, 0.05) is 25.6 Å². The van der Waals surface area contributed by atoms with Crippen LogP contribution in [0.5, 0.6) is 0 Å². The highest BCUT2D eigenvalue weighted by Gasteiger charge is 2.46. The summed E-state index contributed by atoms with van der Waals surface area (Å²) >= 11 is 0. The van der Waals surface area contributed by atoms with Crippen LogP contribution in [-0.2, 0) is 41.5 Å². The molecule has 0 aromatic carbocycles. The molecule has 36 heavy (non-hydrogen) atoms. The molecule has 2 aliphatic heterocycles. The van der Waals surface area contributed by atoms with E-state index in [9.17, 15) is 43.5 Å². The number of carbonyl (C=O) groups excluding carboxylic acids is 1. The third-order valence-corrected chi connectivity index (χ3v) is 7.84. The maximum atomic E-state index is 12.2. The molecule has 19 heteroatoms. The van der Waals surface area contributed by atoms with Gasteiger partial charge >= 0.3 is 27.3 Å². The van der Waals surface area contributed by atoms with E-state index in [1.165, 1.54) is 13.8 Å². The van der Waals surface area contributed by atoms with Gasteiger partial charge in [0.05, 0.1) is 12.7 Å². The number of aliphatic hydroxyl groups is 2. The van der Waals surface area contributed by atoms with E-state index in [0.717, 1.165) is 16.8 Å². The Morgan fingerprint density at radius 1 is 1.17 bits per heavy atom. The van der Waals surface area contributed by atoms with Crippen LogP contribution in [0.2, 0.25) is 0 Å². The molecule has 3 heterocycles. The predicted molar refractivity (Wildman–Crippen MR) is 114 cm³/mol. The van der Waals surface area contributed by atoms with E-state index in [2.05, 4.69) is 8.83 Å². The summed E-state index contributed by atoms with van der Waals surface area (Å²) in [6.07, 6.45) is -7.80. The molecule has 9 atom stereocenters. The van der Waals surface area contributed by atoms with Gasteiger partial charge in [0.2, 0.25) is 0 Å². The van der Waals surface area contributed by atoms with Gasteiger partial charge in [0.15, 0.2) is 12.5 Å². The van der Waals surface area contributed by atoms with Crippen LogP contribution in [0.15, 0.2) is 21.9 Å². The topological polar surface area (TPSA) is 242 Å². The van der Waals surface area contributed by atoms with E-state index in [-0.39, 0.29) is 12.8 Å². The first kappa shape index (κ1) is 28.8. The third-order valence-electron chi connectivity index (χ3n) is 5.22. The van der Waals surface area contributed by atoms with E-state index < -0.39 is 82.5 Å². The third kappa shape index (κ3) is 7.40. The molecule has 3 unspecified atom stereocenters. The Kier molecular flexibility index (Phi) is 9.07. The Morgan fingerprint density at radius 3 is 2.47 bits per heavy atom. The van der Waals surface area contributed by atoms with Crippen LogP contribution in [0.4, 0.5) is 0 Å². The second-order valence-electron chi connectivity index (χ2n) is 7.98. The van der Waals surface area contributed by atoms with Gasteiger partial charge in [-0.15, -0.1) is 0 Å². The number of hydrogen-bond acceptors (Lipinski definition) is 13. The highest BCUT2D eigenvalue weighted by molar-refractivity contribution is 7.61. The largest absolute Gasteiger partial charge is 0.483 e. The van der Waals surface area contributed by atoms with Gasteiger partial charge in [-0.1, -0.05) is 0 Å². The Hall–Kier alpha value is -1.75. The fourth-order valence-electron chi connectivity index (χ4n) is 3.59. The average molecular weight is 560 g/mol. The van der Waals surface area contributed by atoms with Crippen molar-refractivity contribution >= 4 is 21.6 Å². The number of phosphoric acid groups is 2.